The van der Waals surface area contributed by atoms with Crippen molar-refractivity contribution >= 4 is 28.5 Å². The summed E-state index contributed by atoms with van der Waals surface area (Å²) in [6.07, 6.45) is 2.26. The number of aromatic nitrogens is 1. The molecular formula is C34H39N5O2. The fourth-order valence-electron chi connectivity index (χ4n) is 6.62. The number of amides is 3. The van der Waals surface area contributed by atoms with Gasteiger partial charge in [0.05, 0.1) is 0 Å². The summed E-state index contributed by atoms with van der Waals surface area (Å²) >= 11 is 0. The Hall–Kier alpha value is -4.10. The molecular weight excluding hydrogens is 510 g/mol. The van der Waals surface area contributed by atoms with E-state index in [1.807, 2.05) is 47.4 Å². The second-order valence-electron chi connectivity index (χ2n) is 11.5. The fourth-order valence-corrected chi connectivity index (χ4v) is 6.62. The summed E-state index contributed by atoms with van der Waals surface area (Å²) in [5.74, 6) is 0.608. The van der Waals surface area contributed by atoms with Gasteiger partial charge in [0, 0.05) is 54.9 Å². The number of nitrogens with zero attached hydrogens (tertiary/aromatic N) is 3. The number of carbonyl (C=O) groups excluding carboxylic acids is 2. The minimum atomic E-state index is -0.126. The smallest absolute Gasteiger partial charge is 0.321 e. The largest absolute Gasteiger partial charge is 0.350 e. The SMILES string of the molecule is Cc1cccc(C)c1C1CCN(Cc2c(C(=O)N3CCN(C(=O)Nc4ccccc4)CC3)[nH]c3ccccc23)CC1. The van der Waals surface area contributed by atoms with Crippen molar-refractivity contribution in [3.8, 4) is 0 Å². The van der Waals surface area contributed by atoms with Crippen LogP contribution in [0.2, 0.25) is 0 Å². The van der Waals surface area contributed by atoms with Crippen LogP contribution in [-0.4, -0.2) is 70.9 Å². The molecule has 2 aliphatic heterocycles. The predicted octanol–water partition coefficient (Wildman–Crippen LogP) is 6.15. The molecule has 7 heteroatoms. The van der Waals surface area contributed by atoms with Crippen LogP contribution in [0.1, 0.15) is 51.5 Å². The number of H-pyrrole nitrogens is 1. The Bertz CT molecular complexity index is 1510. The van der Waals surface area contributed by atoms with E-state index in [0.717, 1.165) is 54.6 Å². The maximum Gasteiger partial charge on any atom is 0.321 e. The van der Waals surface area contributed by atoms with Crippen molar-refractivity contribution in [3.63, 3.8) is 0 Å². The van der Waals surface area contributed by atoms with Crippen molar-refractivity contribution in [1.82, 2.24) is 19.7 Å². The van der Waals surface area contributed by atoms with E-state index in [2.05, 4.69) is 59.4 Å². The highest BCUT2D eigenvalue weighted by Crippen LogP contribution is 2.34. The summed E-state index contributed by atoms with van der Waals surface area (Å²) < 4.78 is 0. The number of aromatic amines is 1. The third-order valence-corrected chi connectivity index (χ3v) is 8.83. The summed E-state index contributed by atoms with van der Waals surface area (Å²) in [7, 11) is 0. The predicted molar refractivity (Wildman–Crippen MR) is 164 cm³/mol. The number of likely N-dealkylation sites (tertiary alicyclic amines) is 1. The van der Waals surface area contributed by atoms with Gasteiger partial charge in [0.25, 0.3) is 5.91 Å². The van der Waals surface area contributed by atoms with Crippen LogP contribution in [-0.2, 0) is 6.54 Å². The highest BCUT2D eigenvalue weighted by molar-refractivity contribution is 6.01. The molecule has 2 aliphatic rings. The number of piperazine rings is 1. The van der Waals surface area contributed by atoms with Gasteiger partial charge >= 0.3 is 6.03 Å². The van der Waals surface area contributed by atoms with Gasteiger partial charge in [0.1, 0.15) is 5.69 Å². The topological polar surface area (TPSA) is 71.7 Å². The molecule has 212 valence electrons. The first-order chi connectivity index (χ1) is 20.0. The Morgan fingerprint density at radius 1 is 0.780 bits per heavy atom. The fraction of sp³-hybridized carbons (Fsp3) is 0.353. The first-order valence-corrected chi connectivity index (χ1v) is 14.8. The Kier molecular flexibility index (Phi) is 7.79. The van der Waals surface area contributed by atoms with Crippen LogP contribution < -0.4 is 5.32 Å². The summed E-state index contributed by atoms with van der Waals surface area (Å²) in [6, 6.07) is 24.2. The lowest BCUT2D eigenvalue weighted by Gasteiger charge is -2.35. The molecule has 0 atom stereocenters. The number of hydrogen-bond acceptors (Lipinski definition) is 3. The van der Waals surface area contributed by atoms with Crippen molar-refractivity contribution in [2.24, 2.45) is 0 Å². The summed E-state index contributed by atoms with van der Waals surface area (Å²) in [6.45, 7) is 9.28. The molecule has 3 aromatic carbocycles. The van der Waals surface area contributed by atoms with E-state index in [1.54, 1.807) is 4.90 Å². The van der Waals surface area contributed by atoms with Gasteiger partial charge in [-0.3, -0.25) is 9.69 Å². The Morgan fingerprint density at radius 3 is 2.12 bits per heavy atom. The standard InChI is InChI=1S/C34H39N5O2/c1-24-9-8-10-25(2)31(24)26-15-17-37(18-16-26)23-29-28-13-6-7-14-30(28)36-32(29)33(40)38-19-21-39(22-20-38)34(41)35-27-11-4-3-5-12-27/h3-14,26,36H,15-23H2,1-2H3,(H,35,41). The molecule has 7 nitrogen and oxygen atoms in total. The highest BCUT2D eigenvalue weighted by Gasteiger charge is 2.30. The normalized spacial score (nSPS) is 16.7. The molecule has 0 unspecified atom stereocenters. The van der Waals surface area contributed by atoms with Crippen molar-refractivity contribution in [2.75, 3.05) is 44.6 Å². The van der Waals surface area contributed by atoms with Gasteiger partial charge in [-0.1, -0.05) is 54.6 Å². The lowest BCUT2D eigenvalue weighted by atomic mass is 9.84. The van der Waals surface area contributed by atoms with E-state index in [9.17, 15) is 9.59 Å². The molecule has 4 aromatic rings. The Balaban J connectivity index is 1.13. The first kappa shape index (κ1) is 27.1. The molecule has 2 saturated heterocycles. The first-order valence-electron chi connectivity index (χ1n) is 14.8. The van der Waals surface area contributed by atoms with Gasteiger partial charge in [-0.2, -0.15) is 0 Å². The number of piperidine rings is 1. The van der Waals surface area contributed by atoms with Gasteiger partial charge in [-0.05, 0) is 80.6 Å². The molecule has 2 fully saturated rings. The number of rotatable bonds is 5. The van der Waals surface area contributed by atoms with Crippen molar-refractivity contribution < 1.29 is 9.59 Å². The molecule has 0 aliphatic carbocycles. The number of fused-ring (bicyclic) bond motifs is 1. The van der Waals surface area contributed by atoms with E-state index < -0.39 is 0 Å². The third-order valence-electron chi connectivity index (χ3n) is 8.83. The van der Waals surface area contributed by atoms with Crippen LogP contribution in [0.4, 0.5) is 10.5 Å². The van der Waals surface area contributed by atoms with Crippen LogP contribution in [0.3, 0.4) is 0 Å². The summed E-state index contributed by atoms with van der Waals surface area (Å²) in [4.78, 5) is 36.2. The molecule has 41 heavy (non-hydrogen) atoms. The molecule has 2 N–H and O–H groups in total. The number of urea groups is 1. The number of para-hydroxylation sites is 2. The maximum absolute atomic E-state index is 13.9. The zero-order valence-corrected chi connectivity index (χ0v) is 24.0. The molecule has 6 rings (SSSR count). The maximum atomic E-state index is 13.9. The minimum Gasteiger partial charge on any atom is -0.350 e. The van der Waals surface area contributed by atoms with Crippen LogP contribution >= 0.6 is 0 Å². The van der Waals surface area contributed by atoms with Gasteiger partial charge in [0.2, 0.25) is 0 Å². The third kappa shape index (κ3) is 5.72. The molecule has 0 bridgehead atoms. The number of hydrogen-bond donors (Lipinski definition) is 2. The zero-order valence-electron chi connectivity index (χ0n) is 24.0. The quantitative estimate of drug-likeness (QED) is 0.314. The number of carbonyl (C=O) groups is 2. The van der Waals surface area contributed by atoms with Gasteiger partial charge in [-0.25, -0.2) is 4.79 Å². The number of anilines is 1. The van der Waals surface area contributed by atoms with Crippen molar-refractivity contribution in [2.45, 2.75) is 39.2 Å². The molecule has 3 amide bonds. The molecule has 3 heterocycles. The van der Waals surface area contributed by atoms with Gasteiger partial charge in [0.15, 0.2) is 0 Å². The molecule has 0 spiro atoms. The van der Waals surface area contributed by atoms with E-state index in [4.69, 9.17) is 0 Å². The second-order valence-corrected chi connectivity index (χ2v) is 11.5. The molecule has 1 aromatic heterocycles. The Labute approximate surface area is 242 Å². The van der Waals surface area contributed by atoms with E-state index in [-0.39, 0.29) is 11.9 Å². The van der Waals surface area contributed by atoms with Crippen molar-refractivity contribution in [3.05, 3.63) is 101 Å². The monoisotopic (exact) mass is 549 g/mol. The minimum absolute atomic E-state index is 0.0183. The summed E-state index contributed by atoms with van der Waals surface area (Å²) in [5, 5.41) is 4.07. The van der Waals surface area contributed by atoms with Crippen LogP contribution in [0.25, 0.3) is 10.9 Å². The lowest BCUT2D eigenvalue weighted by molar-refractivity contribution is 0.0664. The molecule has 0 saturated carbocycles. The van der Waals surface area contributed by atoms with E-state index in [0.29, 0.717) is 37.8 Å². The average Bonchev–Trinajstić information content (AvgIpc) is 3.36. The highest BCUT2D eigenvalue weighted by atomic mass is 16.2. The van der Waals surface area contributed by atoms with Crippen molar-refractivity contribution in [1.29, 1.82) is 0 Å². The number of nitrogens with one attached hydrogen (secondary N) is 2. The van der Waals surface area contributed by atoms with Crippen LogP contribution in [0.15, 0.2) is 72.8 Å². The van der Waals surface area contributed by atoms with Gasteiger partial charge in [-0.15, -0.1) is 0 Å². The Morgan fingerprint density at radius 2 is 1.41 bits per heavy atom. The molecule has 0 radical (unpaired) electrons. The number of aryl methyl sites for hydroxylation is 2. The second kappa shape index (κ2) is 11.8. The lowest BCUT2D eigenvalue weighted by Crippen LogP contribution is -2.51. The average molecular weight is 550 g/mol. The van der Waals surface area contributed by atoms with E-state index in [1.165, 1.54) is 16.7 Å². The van der Waals surface area contributed by atoms with Crippen LogP contribution in [0, 0.1) is 13.8 Å². The zero-order chi connectivity index (χ0) is 28.3. The van der Waals surface area contributed by atoms with Crippen LogP contribution in [0.5, 0.6) is 0 Å². The summed E-state index contributed by atoms with van der Waals surface area (Å²) in [5.41, 5.74) is 7.85. The van der Waals surface area contributed by atoms with E-state index >= 15 is 0 Å². The van der Waals surface area contributed by atoms with Gasteiger partial charge < -0.3 is 20.1 Å². The number of benzene rings is 3.